The standard InChI is InChI=1S/C16H10ClFN2O/c17-12-6-4-10(5-7-12)8-14-16(21)20-15(19-14)11-2-1-3-13(18)9-11/h1-9H,(H,19,20,21)/b14-8-. The molecular formula is C16H10ClFN2O. The zero-order valence-corrected chi connectivity index (χ0v) is 11.6. The molecule has 3 nitrogen and oxygen atoms in total. The first kappa shape index (κ1) is 13.5. The van der Waals surface area contributed by atoms with Crippen molar-refractivity contribution in [2.75, 3.05) is 0 Å². The van der Waals surface area contributed by atoms with Gasteiger partial charge in [-0.25, -0.2) is 9.38 Å². The van der Waals surface area contributed by atoms with E-state index in [0.717, 1.165) is 5.56 Å². The molecule has 0 aliphatic carbocycles. The van der Waals surface area contributed by atoms with Gasteiger partial charge in [0.25, 0.3) is 5.91 Å². The molecule has 5 heteroatoms. The maximum atomic E-state index is 13.2. The van der Waals surface area contributed by atoms with Gasteiger partial charge in [0.05, 0.1) is 0 Å². The Morgan fingerprint density at radius 2 is 1.90 bits per heavy atom. The lowest BCUT2D eigenvalue weighted by atomic mass is 10.2. The minimum absolute atomic E-state index is 0.275. The topological polar surface area (TPSA) is 41.5 Å². The van der Waals surface area contributed by atoms with Gasteiger partial charge in [-0.3, -0.25) is 4.79 Å². The highest BCUT2D eigenvalue weighted by atomic mass is 35.5. The summed E-state index contributed by atoms with van der Waals surface area (Å²) < 4.78 is 13.2. The highest BCUT2D eigenvalue weighted by Gasteiger charge is 2.21. The first-order valence-electron chi connectivity index (χ1n) is 6.25. The summed E-state index contributed by atoms with van der Waals surface area (Å²) in [6, 6.07) is 13.0. The molecule has 2 aromatic carbocycles. The lowest BCUT2D eigenvalue weighted by Gasteiger charge is -1.99. The van der Waals surface area contributed by atoms with E-state index in [2.05, 4.69) is 10.3 Å². The van der Waals surface area contributed by atoms with Crippen molar-refractivity contribution in [2.45, 2.75) is 0 Å². The number of carbonyl (C=O) groups is 1. The third kappa shape index (κ3) is 3.01. The first-order valence-corrected chi connectivity index (χ1v) is 6.63. The minimum Gasteiger partial charge on any atom is -0.305 e. The van der Waals surface area contributed by atoms with E-state index in [1.54, 1.807) is 42.5 Å². The van der Waals surface area contributed by atoms with Crippen LogP contribution < -0.4 is 5.32 Å². The van der Waals surface area contributed by atoms with Crippen LogP contribution in [0.1, 0.15) is 11.1 Å². The van der Waals surface area contributed by atoms with Gasteiger partial charge >= 0.3 is 0 Å². The van der Waals surface area contributed by atoms with Crippen molar-refractivity contribution in [3.8, 4) is 0 Å². The van der Waals surface area contributed by atoms with Gasteiger partial charge in [-0.15, -0.1) is 0 Å². The molecule has 0 saturated heterocycles. The molecule has 3 rings (SSSR count). The van der Waals surface area contributed by atoms with Crippen LogP contribution >= 0.6 is 11.6 Å². The van der Waals surface area contributed by atoms with E-state index in [9.17, 15) is 9.18 Å². The fourth-order valence-electron chi connectivity index (χ4n) is 1.96. The quantitative estimate of drug-likeness (QED) is 0.849. The second-order valence-corrected chi connectivity index (χ2v) is 4.94. The number of aliphatic imine (C=N–C) groups is 1. The van der Waals surface area contributed by atoms with Gasteiger partial charge in [-0.1, -0.05) is 35.9 Å². The van der Waals surface area contributed by atoms with Crippen LogP contribution in [-0.4, -0.2) is 11.7 Å². The van der Waals surface area contributed by atoms with E-state index < -0.39 is 0 Å². The van der Waals surface area contributed by atoms with Gasteiger partial charge in [0, 0.05) is 10.6 Å². The molecule has 104 valence electrons. The Hall–Kier alpha value is -2.46. The number of amides is 1. The van der Waals surface area contributed by atoms with Gasteiger partial charge in [0.15, 0.2) is 0 Å². The van der Waals surface area contributed by atoms with Crippen molar-refractivity contribution in [3.63, 3.8) is 0 Å². The number of benzene rings is 2. The molecule has 0 bridgehead atoms. The summed E-state index contributed by atoms with van der Waals surface area (Å²) in [7, 11) is 0. The zero-order chi connectivity index (χ0) is 14.8. The predicted octanol–water partition coefficient (Wildman–Crippen LogP) is 3.40. The number of rotatable bonds is 2. The van der Waals surface area contributed by atoms with Crippen LogP contribution in [0.15, 0.2) is 59.2 Å². The third-order valence-electron chi connectivity index (χ3n) is 2.97. The molecule has 1 aliphatic rings. The van der Waals surface area contributed by atoms with Crippen LogP contribution in [0.5, 0.6) is 0 Å². The fraction of sp³-hybridized carbons (Fsp3) is 0. The van der Waals surface area contributed by atoms with Gasteiger partial charge in [-0.2, -0.15) is 0 Å². The lowest BCUT2D eigenvalue weighted by molar-refractivity contribution is -0.115. The predicted molar refractivity (Wildman–Crippen MR) is 80.5 cm³/mol. The summed E-state index contributed by atoms with van der Waals surface area (Å²) in [5, 5.41) is 3.25. The van der Waals surface area contributed by atoms with Crippen molar-refractivity contribution in [1.29, 1.82) is 0 Å². The van der Waals surface area contributed by atoms with E-state index >= 15 is 0 Å². The van der Waals surface area contributed by atoms with Crippen LogP contribution in [0.2, 0.25) is 5.02 Å². The maximum absolute atomic E-state index is 13.2. The van der Waals surface area contributed by atoms with Crippen molar-refractivity contribution >= 4 is 29.4 Å². The third-order valence-corrected chi connectivity index (χ3v) is 3.22. The number of carbonyl (C=O) groups excluding carboxylic acids is 1. The summed E-state index contributed by atoms with van der Waals surface area (Å²) in [6.45, 7) is 0. The molecule has 1 heterocycles. The van der Waals surface area contributed by atoms with Crippen LogP contribution in [0.25, 0.3) is 6.08 Å². The van der Waals surface area contributed by atoms with Crippen LogP contribution in [0, 0.1) is 5.82 Å². The van der Waals surface area contributed by atoms with Crippen molar-refractivity contribution in [1.82, 2.24) is 5.32 Å². The number of hydrogen-bond acceptors (Lipinski definition) is 2. The number of nitrogens with one attached hydrogen (secondary N) is 1. The SMILES string of the molecule is O=C1NC(c2cccc(F)c2)=N/C1=C\c1ccc(Cl)cc1. The van der Waals surface area contributed by atoms with E-state index in [0.29, 0.717) is 16.4 Å². The van der Waals surface area contributed by atoms with Crippen LogP contribution in [0.3, 0.4) is 0 Å². The number of nitrogens with zero attached hydrogens (tertiary/aromatic N) is 1. The summed E-state index contributed by atoms with van der Waals surface area (Å²) in [4.78, 5) is 16.1. The van der Waals surface area contributed by atoms with Crippen LogP contribution in [-0.2, 0) is 4.79 Å². The summed E-state index contributed by atoms with van der Waals surface area (Å²) in [5.74, 6) is -0.344. The molecule has 0 atom stereocenters. The van der Waals surface area contributed by atoms with Gasteiger partial charge in [0.2, 0.25) is 0 Å². The average molecular weight is 301 g/mol. The zero-order valence-electron chi connectivity index (χ0n) is 10.8. The molecule has 0 fully saturated rings. The Morgan fingerprint density at radius 3 is 2.62 bits per heavy atom. The summed E-state index contributed by atoms with van der Waals surface area (Å²) >= 11 is 5.81. The molecule has 2 aromatic rings. The summed E-state index contributed by atoms with van der Waals surface area (Å²) in [5.41, 5.74) is 1.62. The molecule has 0 unspecified atom stereocenters. The Labute approximate surface area is 125 Å². The maximum Gasteiger partial charge on any atom is 0.275 e. The molecule has 1 amide bonds. The summed E-state index contributed by atoms with van der Waals surface area (Å²) in [6.07, 6.45) is 1.65. The van der Waals surface area contributed by atoms with Crippen molar-refractivity contribution in [3.05, 3.63) is 76.2 Å². The number of amidine groups is 1. The second kappa shape index (κ2) is 5.50. The molecule has 1 aliphatic heterocycles. The monoisotopic (exact) mass is 300 g/mol. The number of halogens is 2. The van der Waals surface area contributed by atoms with E-state index in [-0.39, 0.29) is 17.4 Å². The van der Waals surface area contributed by atoms with Crippen LogP contribution in [0.4, 0.5) is 4.39 Å². The van der Waals surface area contributed by atoms with E-state index in [4.69, 9.17) is 11.6 Å². The second-order valence-electron chi connectivity index (χ2n) is 4.51. The van der Waals surface area contributed by atoms with E-state index in [1.807, 2.05) is 0 Å². The van der Waals surface area contributed by atoms with Gasteiger partial charge < -0.3 is 5.32 Å². The molecule has 21 heavy (non-hydrogen) atoms. The minimum atomic E-state index is -0.375. The Balaban J connectivity index is 1.93. The number of hydrogen-bond donors (Lipinski definition) is 1. The normalized spacial score (nSPS) is 16.0. The Kier molecular flexibility index (Phi) is 3.54. The molecule has 0 spiro atoms. The highest BCUT2D eigenvalue weighted by molar-refractivity contribution is 6.30. The Bertz CT molecular complexity index is 766. The fourth-order valence-corrected chi connectivity index (χ4v) is 2.08. The first-order chi connectivity index (χ1) is 10.1. The molecular weight excluding hydrogens is 291 g/mol. The van der Waals surface area contributed by atoms with Crippen molar-refractivity contribution < 1.29 is 9.18 Å². The smallest absolute Gasteiger partial charge is 0.275 e. The molecule has 1 N–H and O–H groups in total. The van der Waals surface area contributed by atoms with Crippen molar-refractivity contribution in [2.24, 2.45) is 4.99 Å². The largest absolute Gasteiger partial charge is 0.305 e. The molecule has 0 radical (unpaired) electrons. The highest BCUT2D eigenvalue weighted by Crippen LogP contribution is 2.17. The Morgan fingerprint density at radius 1 is 1.14 bits per heavy atom. The average Bonchev–Trinajstić information content (AvgIpc) is 2.83. The lowest BCUT2D eigenvalue weighted by Crippen LogP contribution is -2.24. The van der Waals surface area contributed by atoms with Gasteiger partial charge in [-0.05, 0) is 35.9 Å². The van der Waals surface area contributed by atoms with E-state index in [1.165, 1.54) is 12.1 Å². The van der Waals surface area contributed by atoms with Gasteiger partial charge in [0.1, 0.15) is 17.3 Å². The molecule has 0 saturated carbocycles. The molecule has 0 aromatic heterocycles.